The summed E-state index contributed by atoms with van der Waals surface area (Å²) in [5.74, 6) is 2.40. The van der Waals surface area contributed by atoms with Gasteiger partial charge in [-0.15, -0.1) is 0 Å². The van der Waals surface area contributed by atoms with Crippen LogP contribution < -0.4 is 18.6 Å². The van der Waals surface area contributed by atoms with Crippen molar-refractivity contribution in [2.24, 2.45) is 0 Å². The van der Waals surface area contributed by atoms with E-state index in [0.29, 0.717) is 35.7 Å². The van der Waals surface area contributed by atoms with Crippen LogP contribution in [0, 0.1) is 0 Å². The molecule has 0 fully saturated rings. The van der Waals surface area contributed by atoms with E-state index in [0.717, 1.165) is 11.3 Å². The average molecular weight is 431 g/mol. The summed E-state index contributed by atoms with van der Waals surface area (Å²) < 4.78 is 22.7. The minimum atomic E-state index is -2.17. The number of rotatable bonds is 9. The molecule has 0 radical (unpaired) electrons. The van der Waals surface area contributed by atoms with Gasteiger partial charge in [0.05, 0.1) is 21.3 Å². The Morgan fingerprint density at radius 3 is 1.93 bits per heavy atom. The molecule has 2 aromatic rings. The topological polar surface area (TPSA) is 54.0 Å². The SMILES string of the molecule is COc1ccc(CCC(=O)c2c(OC)cc(OC)cc2O[Si](C)(C)C(C)(C)C)cc1. The zero-order chi connectivity index (χ0) is 22.5. The summed E-state index contributed by atoms with van der Waals surface area (Å²) in [6, 6.07) is 11.3. The van der Waals surface area contributed by atoms with Crippen molar-refractivity contribution in [3.8, 4) is 23.0 Å². The number of aryl methyl sites for hydroxylation is 1. The number of ether oxygens (including phenoxy) is 3. The average Bonchev–Trinajstić information content (AvgIpc) is 2.70. The number of carbonyl (C=O) groups is 1. The van der Waals surface area contributed by atoms with E-state index in [1.165, 1.54) is 0 Å². The lowest BCUT2D eigenvalue weighted by Crippen LogP contribution is -2.44. The van der Waals surface area contributed by atoms with Crippen molar-refractivity contribution >= 4 is 14.1 Å². The zero-order valence-corrected chi connectivity index (χ0v) is 20.4. The molecule has 0 amide bonds. The Morgan fingerprint density at radius 2 is 1.43 bits per heavy atom. The monoisotopic (exact) mass is 430 g/mol. The summed E-state index contributed by atoms with van der Waals surface area (Å²) >= 11 is 0. The standard InChI is InChI=1S/C24H34O5Si/c1-24(2,3)30(7,8)29-22-16-19(27-5)15-21(28-6)23(22)20(25)14-11-17-9-12-18(26-4)13-10-17/h9-10,12-13,15-16H,11,14H2,1-8H3. The minimum Gasteiger partial charge on any atom is -0.543 e. The third kappa shape index (κ3) is 5.57. The lowest BCUT2D eigenvalue weighted by atomic mass is 10.0. The van der Waals surface area contributed by atoms with E-state index >= 15 is 0 Å². The molecule has 0 spiro atoms. The van der Waals surface area contributed by atoms with Crippen LogP contribution in [0.5, 0.6) is 23.0 Å². The summed E-state index contributed by atoms with van der Waals surface area (Å²) in [4.78, 5) is 13.3. The normalized spacial score (nSPS) is 11.7. The summed E-state index contributed by atoms with van der Waals surface area (Å²) in [7, 11) is 2.62. The number of hydrogen-bond donors (Lipinski definition) is 0. The van der Waals surface area contributed by atoms with Gasteiger partial charge in [-0.3, -0.25) is 4.79 Å². The Balaban J connectivity index is 2.36. The third-order valence-corrected chi connectivity index (χ3v) is 10.1. The maximum Gasteiger partial charge on any atom is 0.250 e. The van der Waals surface area contributed by atoms with Gasteiger partial charge in [0.25, 0.3) is 8.32 Å². The first-order valence-corrected chi connectivity index (χ1v) is 13.0. The molecule has 0 aromatic heterocycles. The highest BCUT2D eigenvalue weighted by atomic mass is 28.4. The first-order valence-electron chi connectivity index (χ1n) is 10.1. The maximum atomic E-state index is 13.3. The zero-order valence-electron chi connectivity index (χ0n) is 19.4. The van der Waals surface area contributed by atoms with Gasteiger partial charge >= 0.3 is 0 Å². The van der Waals surface area contributed by atoms with Crippen LogP contribution in [0.25, 0.3) is 0 Å². The minimum absolute atomic E-state index is 0.00722. The molecule has 0 N–H and O–H groups in total. The molecule has 0 saturated carbocycles. The molecule has 0 heterocycles. The molecule has 0 bridgehead atoms. The lowest BCUT2D eigenvalue weighted by Gasteiger charge is -2.37. The number of benzene rings is 2. The summed E-state index contributed by atoms with van der Waals surface area (Å²) in [6.45, 7) is 10.8. The van der Waals surface area contributed by atoms with Crippen molar-refractivity contribution in [2.75, 3.05) is 21.3 Å². The molecule has 164 valence electrons. The molecule has 5 nitrogen and oxygen atoms in total. The van der Waals surface area contributed by atoms with Crippen LogP contribution >= 0.6 is 0 Å². The quantitative estimate of drug-likeness (QED) is 0.365. The highest BCUT2D eigenvalue weighted by Gasteiger charge is 2.40. The predicted octanol–water partition coefficient (Wildman–Crippen LogP) is 5.91. The highest BCUT2D eigenvalue weighted by molar-refractivity contribution is 6.74. The molecule has 0 aliphatic rings. The van der Waals surface area contributed by atoms with Crippen LogP contribution in [0.4, 0.5) is 0 Å². The molecular weight excluding hydrogens is 396 g/mol. The van der Waals surface area contributed by atoms with Crippen molar-refractivity contribution in [1.29, 1.82) is 0 Å². The summed E-state index contributed by atoms with van der Waals surface area (Å²) in [6.07, 6.45) is 0.973. The van der Waals surface area contributed by atoms with Crippen LogP contribution in [0.3, 0.4) is 0 Å². The van der Waals surface area contributed by atoms with Gasteiger partial charge in [-0.2, -0.15) is 0 Å². The Kier molecular flexibility index (Phi) is 7.58. The van der Waals surface area contributed by atoms with Crippen molar-refractivity contribution in [3.63, 3.8) is 0 Å². The number of methoxy groups -OCH3 is 3. The smallest absolute Gasteiger partial charge is 0.250 e. The molecule has 30 heavy (non-hydrogen) atoms. The van der Waals surface area contributed by atoms with E-state index in [9.17, 15) is 4.79 Å². The van der Waals surface area contributed by atoms with Crippen molar-refractivity contribution < 1.29 is 23.4 Å². The maximum absolute atomic E-state index is 13.3. The second-order valence-electron chi connectivity index (χ2n) is 8.84. The summed E-state index contributed by atoms with van der Waals surface area (Å²) in [5.41, 5.74) is 1.56. The van der Waals surface area contributed by atoms with Crippen molar-refractivity contribution in [3.05, 3.63) is 47.5 Å². The third-order valence-electron chi connectivity index (χ3n) is 5.75. The molecule has 6 heteroatoms. The second kappa shape index (κ2) is 9.56. The first-order chi connectivity index (χ1) is 14.0. The van der Waals surface area contributed by atoms with Gasteiger partial charge in [-0.05, 0) is 42.2 Å². The van der Waals surface area contributed by atoms with Crippen molar-refractivity contribution in [2.45, 2.75) is 51.7 Å². The highest BCUT2D eigenvalue weighted by Crippen LogP contribution is 2.42. The van der Waals surface area contributed by atoms with Gasteiger partial charge in [0.15, 0.2) is 5.78 Å². The summed E-state index contributed by atoms with van der Waals surface area (Å²) in [5, 5.41) is -0.00722. The van der Waals surface area contributed by atoms with E-state index in [2.05, 4.69) is 33.9 Å². The second-order valence-corrected chi connectivity index (χ2v) is 13.6. The van der Waals surface area contributed by atoms with E-state index in [4.69, 9.17) is 18.6 Å². The number of Topliss-reactive ketones (excluding diaryl/α,β-unsaturated/α-hetero) is 1. The Labute approximate surface area is 181 Å². The Morgan fingerprint density at radius 1 is 0.867 bits per heavy atom. The van der Waals surface area contributed by atoms with Gasteiger partial charge in [0.1, 0.15) is 28.6 Å². The van der Waals surface area contributed by atoms with Crippen LogP contribution in [0.1, 0.15) is 43.1 Å². The Bertz CT molecular complexity index is 866. The van der Waals surface area contributed by atoms with E-state index < -0.39 is 8.32 Å². The van der Waals surface area contributed by atoms with E-state index in [1.807, 2.05) is 24.3 Å². The van der Waals surface area contributed by atoms with Gasteiger partial charge in [0, 0.05) is 18.6 Å². The van der Waals surface area contributed by atoms with Crippen LogP contribution in [0.15, 0.2) is 36.4 Å². The number of hydrogen-bond acceptors (Lipinski definition) is 5. The molecule has 0 saturated heterocycles. The van der Waals surface area contributed by atoms with Gasteiger partial charge in [-0.25, -0.2) is 0 Å². The fraction of sp³-hybridized carbons (Fsp3) is 0.458. The Hall–Kier alpha value is -2.47. The van der Waals surface area contributed by atoms with Crippen LogP contribution in [0.2, 0.25) is 18.1 Å². The molecule has 0 aliphatic carbocycles. The molecule has 0 unspecified atom stereocenters. The molecule has 2 aromatic carbocycles. The van der Waals surface area contributed by atoms with E-state index in [1.54, 1.807) is 33.5 Å². The molecular formula is C24H34O5Si. The largest absolute Gasteiger partial charge is 0.543 e. The molecule has 0 aliphatic heterocycles. The van der Waals surface area contributed by atoms with Gasteiger partial charge < -0.3 is 18.6 Å². The predicted molar refractivity (Wildman–Crippen MR) is 123 cm³/mol. The lowest BCUT2D eigenvalue weighted by molar-refractivity contribution is 0.0978. The van der Waals surface area contributed by atoms with Crippen molar-refractivity contribution in [1.82, 2.24) is 0 Å². The number of carbonyl (C=O) groups excluding carboxylic acids is 1. The van der Waals surface area contributed by atoms with Gasteiger partial charge in [-0.1, -0.05) is 32.9 Å². The fourth-order valence-electron chi connectivity index (χ4n) is 2.80. The van der Waals surface area contributed by atoms with E-state index in [-0.39, 0.29) is 10.8 Å². The molecule has 2 rings (SSSR count). The number of ketones is 1. The first kappa shape index (κ1) is 23.8. The molecule has 0 atom stereocenters. The van der Waals surface area contributed by atoms with Crippen LogP contribution in [-0.4, -0.2) is 35.4 Å². The van der Waals surface area contributed by atoms with Gasteiger partial charge in [0.2, 0.25) is 0 Å². The fourth-order valence-corrected chi connectivity index (χ4v) is 3.82. The van der Waals surface area contributed by atoms with Crippen LogP contribution in [-0.2, 0) is 6.42 Å².